The van der Waals surface area contributed by atoms with Crippen molar-refractivity contribution in [2.45, 2.75) is 26.7 Å². The lowest BCUT2D eigenvalue weighted by atomic mass is 10.4. The first-order chi connectivity index (χ1) is 10.5. The number of nitrogens with one attached hydrogen (secondary N) is 3. The number of hydrogen-bond donors (Lipinski definition) is 3. The maximum absolute atomic E-state index is 12.0. The lowest BCUT2D eigenvalue weighted by molar-refractivity contribution is 0.466. The fraction of sp³-hybridized carbons (Fsp3) is 0.692. The Morgan fingerprint density at radius 2 is 1.91 bits per heavy atom. The largest absolute Gasteiger partial charge is 0.370 e. The van der Waals surface area contributed by atoms with E-state index in [9.17, 15) is 8.42 Å². The zero-order chi connectivity index (χ0) is 16.0. The maximum Gasteiger partial charge on any atom is 0.279 e. The molecule has 0 amide bonds. The van der Waals surface area contributed by atoms with E-state index in [2.05, 4.69) is 25.3 Å². The molecule has 0 aliphatic carbocycles. The van der Waals surface area contributed by atoms with Gasteiger partial charge in [0.05, 0.1) is 0 Å². The van der Waals surface area contributed by atoms with Gasteiger partial charge in [0.1, 0.15) is 5.82 Å². The van der Waals surface area contributed by atoms with Gasteiger partial charge in [-0.05, 0) is 26.7 Å². The molecule has 0 atom stereocenters. The standard InChI is InChI=1S/C13H24N6O2S/c1-3-14-12-10-11(2)17-13(18-12)15-6-7-16-22(20,21)19-8-4-5-9-19/h10,16H,3-9H2,1-2H3,(H2,14,15,17,18). The van der Waals surface area contributed by atoms with Crippen LogP contribution in [-0.4, -0.2) is 55.4 Å². The molecule has 2 heterocycles. The molecule has 0 bridgehead atoms. The highest BCUT2D eigenvalue weighted by Crippen LogP contribution is 2.11. The number of hydrogen-bond acceptors (Lipinski definition) is 6. The van der Waals surface area contributed by atoms with Gasteiger partial charge in [-0.3, -0.25) is 0 Å². The zero-order valence-corrected chi connectivity index (χ0v) is 13.9. The fourth-order valence-electron chi connectivity index (χ4n) is 2.29. The van der Waals surface area contributed by atoms with E-state index in [1.54, 1.807) is 0 Å². The molecule has 1 aromatic rings. The van der Waals surface area contributed by atoms with Gasteiger partial charge >= 0.3 is 0 Å². The number of anilines is 2. The van der Waals surface area contributed by atoms with Crippen LogP contribution in [0.2, 0.25) is 0 Å². The summed E-state index contributed by atoms with van der Waals surface area (Å²) in [5.41, 5.74) is 0.853. The van der Waals surface area contributed by atoms with E-state index in [4.69, 9.17) is 0 Å². The molecule has 0 spiro atoms. The van der Waals surface area contributed by atoms with E-state index < -0.39 is 10.2 Å². The monoisotopic (exact) mass is 328 g/mol. The van der Waals surface area contributed by atoms with Crippen LogP contribution in [0.3, 0.4) is 0 Å². The van der Waals surface area contributed by atoms with Crippen LogP contribution in [0, 0.1) is 6.92 Å². The first kappa shape index (κ1) is 16.9. The van der Waals surface area contributed by atoms with Gasteiger partial charge in [-0.15, -0.1) is 0 Å². The predicted molar refractivity (Wildman–Crippen MR) is 87.2 cm³/mol. The molecule has 0 saturated carbocycles. The van der Waals surface area contributed by atoms with Crippen molar-refractivity contribution in [1.82, 2.24) is 19.0 Å². The summed E-state index contributed by atoms with van der Waals surface area (Å²) < 4.78 is 28.0. The summed E-state index contributed by atoms with van der Waals surface area (Å²) >= 11 is 0. The second-order valence-corrected chi connectivity index (χ2v) is 6.94. The Labute approximate surface area is 131 Å². The normalized spacial score (nSPS) is 15.9. The molecular weight excluding hydrogens is 304 g/mol. The second kappa shape index (κ2) is 7.70. The molecule has 1 aliphatic rings. The van der Waals surface area contributed by atoms with Crippen LogP contribution in [-0.2, 0) is 10.2 Å². The topological polar surface area (TPSA) is 99.2 Å². The van der Waals surface area contributed by atoms with Gasteiger partial charge in [0.25, 0.3) is 10.2 Å². The number of rotatable bonds is 8. The van der Waals surface area contributed by atoms with E-state index in [1.165, 1.54) is 4.31 Å². The Kier molecular flexibility index (Phi) is 5.92. The van der Waals surface area contributed by atoms with Crippen molar-refractivity contribution < 1.29 is 8.42 Å². The first-order valence-corrected chi connectivity index (χ1v) is 9.03. The number of aryl methyl sites for hydroxylation is 1. The zero-order valence-electron chi connectivity index (χ0n) is 13.1. The molecule has 0 aromatic carbocycles. The highest BCUT2D eigenvalue weighted by molar-refractivity contribution is 7.87. The molecule has 2 rings (SSSR count). The molecule has 3 N–H and O–H groups in total. The van der Waals surface area contributed by atoms with E-state index in [1.807, 2.05) is 19.9 Å². The van der Waals surface area contributed by atoms with Crippen molar-refractivity contribution in [3.8, 4) is 0 Å². The first-order valence-electron chi connectivity index (χ1n) is 7.59. The third kappa shape index (κ3) is 4.79. The van der Waals surface area contributed by atoms with Crippen LogP contribution in [0.25, 0.3) is 0 Å². The van der Waals surface area contributed by atoms with Crippen molar-refractivity contribution in [1.29, 1.82) is 0 Å². The lowest BCUT2D eigenvalue weighted by Crippen LogP contribution is -2.40. The maximum atomic E-state index is 12.0. The minimum atomic E-state index is -3.35. The molecule has 0 radical (unpaired) electrons. The minimum absolute atomic E-state index is 0.298. The molecule has 1 saturated heterocycles. The fourth-order valence-corrected chi connectivity index (χ4v) is 3.57. The van der Waals surface area contributed by atoms with E-state index >= 15 is 0 Å². The van der Waals surface area contributed by atoms with Crippen LogP contribution in [0.4, 0.5) is 11.8 Å². The summed E-state index contributed by atoms with van der Waals surface area (Å²) in [5.74, 6) is 1.26. The predicted octanol–water partition coefficient (Wildman–Crippen LogP) is 0.559. The SMILES string of the molecule is CCNc1cc(C)nc(NCCNS(=O)(=O)N2CCCC2)n1. The van der Waals surface area contributed by atoms with Gasteiger partial charge in [-0.25, -0.2) is 9.71 Å². The number of nitrogens with zero attached hydrogens (tertiary/aromatic N) is 3. The average molecular weight is 328 g/mol. The van der Waals surface area contributed by atoms with Crippen molar-refractivity contribution in [2.24, 2.45) is 0 Å². The van der Waals surface area contributed by atoms with Gasteiger partial charge in [-0.2, -0.15) is 17.7 Å². The molecule has 8 nitrogen and oxygen atoms in total. The summed E-state index contributed by atoms with van der Waals surface area (Å²) in [6, 6.07) is 1.87. The van der Waals surface area contributed by atoms with Crippen molar-refractivity contribution in [3.63, 3.8) is 0 Å². The molecule has 1 fully saturated rings. The summed E-state index contributed by atoms with van der Waals surface area (Å²) in [7, 11) is -3.35. The Hall–Kier alpha value is -1.45. The Morgan fingerprint density at radius 3 is 2.59 bits per heavy atom. The number of aromatic nitrogens is 2. The van der Waals surface area contributed by atoms with E-state index in [-0.39, 0.29) is 0 Å². The van der Waals surface area contributed by atoms with Gasteiger partial charge < -0.3 is 10.6 Å². The van der Waals surface area contributed by atoms with Gasteiger partial charge in [-0.1, -0.05) is 0 Å². The minimum Gasteiger partial charge on any atom is -0.370 e. The highest BCUT2D eigenvalue weighted by atomic mass is 32.2. The molecule has 124 valence electrons. The van der Waals surface area contributed by atoms with Crippen molar-refractivity contribution >= 4 is 22.0 Å². The van der Waals surface area contributed by atoms with Crippen molar-refractivity contribution in [2.75, 3.05) is 43.4 Å². The molecule has 1 aliphatic heterocycles. The van der Waals surface area contributed by atoms with E-state index in [0.29, 0.717) is 32.1 Å². The Balaban J connectivity index is 1.81. The molecule has 9 heteroatoms. The van der Waals surface area contributed by atoms with Gasteiger partial charge in [0.15, 0.2) is 0 Å². The van der Waals surface area contributed by atoms with Gasteiger partial charge in [0.2, 0.25) is 5.95 Å². The summed E-state index contributed by atoms with van der Waals surface area (Å²) in [4.78, 5) is 8.59. The third-order valence-electron chi connectivity index (χ3n) is 3.31. The summed E-state index contributed by atoms with van der Waals surface area (Å²) in [6.07, 6.45) is 1.87. The molecule has 0 unspecified atom stereocenters. The summed E-state index contributed by atoms with van der Waals surface area (Å²) in [6.45, 7) is 6.62. The third-order valence-corrected chi connectivity index (χ3v) is 4.92. The highest BCUT2D eigenvalue weighted by Gasteiger charge is 2.24. The molecule has 22 heavy (non-hydrogen) atoms. The lowest BCUT2D eigenvalue weighted by Gasteiger charge is -2.16. The Bertz CT molecular complexity index is 586. The summed E-state index contributed by atoms with van der Waals surface area (Å²) in [5, 5.41) is 6.17. The second-order valence-electron chi connectivity index (χ2n) is 5.18. The molecular formula is C13H24N6O2S. The average Bonchev–Trinajstić information content (AvgIpc) is 2.98. The molecule has 1 aromatic heterocycles. The van der Waals surface area contributed by atoms with Crippen LogP contribution in [0.5, 0.6) is 0 Å². The van der Waals surface area contributed by atoms with Crippen LogP contribution < -0.4 is 15.4 Å². The van der Waals surface area contributed by atoms with Crippen molar-refractivity contribution in [3.05, 3.63) is 11.8 Å². The van der Waals surface area contributed by atoms with E-state index in [0.717, 1.165) is 30.9 Å². The van der Waals surface area contributed by atoms with Gasteiger partial charge in [0, 0.05) is 44.5 Å². The van der Waals surface area contributed by atoms with Crippen LogP contribution in [0.15, 0.2) is 6.07 Å². The Morgan fingerprint density at radius 1 is 1.18 bits per heavy atom. The van der Waals surface area contributed by atoms with Crippen LogP contribution in [0.1, 0.15) is 25.5 Å². The van der Waals surface area contributed by atoms with Crippen LogP contribution >= 0.6 is 0 Å². The quantitative estimate of drug-likeness (QED) is 0.603. The smallest absolute Gasteiger partial charge is 0.279 e.